The number of ketones is 1. The lowest BCUT2D eigenvalue weighted by molar-refractivity contribution is -0.142. The van der Waals surface area contributed by atoms with Crippen molar-refractivity contribution in [3.63, 3.8) is 0 Å². The number of hydrogen-bond donors (Lipinski definition) is 0. The molecule has 1 aromatic carbocycles. The minimum Gasteiger partial charge on any atom is -0.466 e. The van der Waals surface area contributed by atoms with Gasteiger partial charge in [-0.1, -0.05) is 53.6 Å². The van der Waals surface area contributed by atoms with Crippen LogP contribution in [-0.2, 0) is 20.7 Å². The first kappa shape index (κ1) is 23.8. The van der Waals surface area contributed by atoms with Crippen molar-refractivity contribution in [3.8, 4) is 0 Å². The molecule has 26 heavy (non-hydrogen) atoms. The lowest BCUT2D eigenvalue weighted by Gasteiger charge is -2.00. The number of rotatable bonds is 9. The molecular weight excluding hydrogens is 324 g/mol. The van der Waals surface area contributed by atoms with Crippen molar-refractivity contribution in [1.29, 1.82) is 0 Å². The largest absolute Gasteiger partial charge is 0.466 e. The molecule has 0 aliphatic heterocycles. The molecule has 0 N–H and O–H groups in total. The number of hydrogen-bond acceptors (Lipinski definition) is 3. The second-order valence-corrected chi connectivity index (χ2v) is 6.58. The van der Waals surface area contributed by atoms with Crippen LogP contribution in [0.3, 0.4) is 0 Å². The summed E-state index contributed by atoms with van der Waals surface area (Å²) >= 11 is 0. The van der Waals surface area contributed by atoms with Crippen LogP contribution in [0.15, 0.2) is 53.6 Å². The van der Waals surface area contributed by atoms with Gasteiger partial charge in [0, 0.05) is 6.42 Å². The van der Waals surface area contributed by atoms with Gasteiger partial charge >= 0.3 is 5.97 Å². The number of benzene rings is 1. The molecule has 0 spiro atoms. The Bertz CT molecular complexity index is 579. The summed E-state index contributed by atoms with van der Waals surface area (Å²) in [6, 6.07) is 9.58. The second kappa shape index (κ2) is 15.1. The Labute approximate surface area is 159 Å². The van der Waals surface area contributed by atoms with Gasteiger partial charge in [0.25, 0.3) is 0 Å². The number of ether oxygens (including phenoxy) is 1. The zero-order valence-electron chi connectivity index (χ0n) is 17.0. The fourth-order valence-electron chi connectivity index (χ4n) is 2.19. The highest BCUT2D eigenvalue weighted by Crippen LogP contribution is 2.08. The van der Waals surface area contributed by atoms with Gasteiger partial charge in [0.1, 0.15) is 5.78 Å². The van der Waals surface area contributed by atoms with Crippen LogP contribution in [0.4, 0.5) is 0 Å². The zero-order chi connectivity index (χ0) is 19.8. The van der Waals surface area contributed by atoms with Gasteiger partial charge in [-0.25, -0.2) is 0 Å². The van der Waals surface area contributed by atoms with E-state index in [2.05, 4.69) is 32.9 Å². The normalized spacial score (nSPS) is 10.4. The van der Waals surface area contributed by atoms with E-state index in [-0.39, 0.29) is 11.8 Å². The molecule has 3 heteroatoms. The minimum atomic E-state index is -0.163. The Morgan fingerprint density at radius 2 is 1.54 bits per heavy atom. The van der Waals surface area contributed by atoms with E-state index in [9.17, 15) is 9.59 Å². The molecule has 144 valence electrons. The summed E-state index contributed by atoms with van der Waals surface area (Å²) < 4.78 is 4.81. The van der Waals surface area contributed by atoms with Gasteiger partial charge in [0.15, 0.2) is 0 Å². The zero-order valence-corrected chi connectivity index (χ0v) is 17.0. The lowest BCUT2D eigenvalue weighted by atomic mass is 10.1. The fourth-order valence-corrected chi connectivity index (χ4v) is 2.19. The SMILES string of the molecule is CC(=O)CC/C=C(\C)CCC=C(C)C.CCOC(=O)Cc1ccccc1. The van der Waals surface area contributed by atoms with Crippen molar-refractivity contribution in [2.24, 2.45) is 0 Å². The number of carbonyl (C=O) groups is 2. The van der Waals surface area contributed by atoms with E-state index in [1.54, 1.807) is 6.92 Å². The second-order valence-electron chi connectivity index (χ2n) is 6.58. The lowest BCUT2D eigenvalue weighted by Crippen LogP contribution is -2.06. The van der Waals surface area contributed by atoms with Crippen LogP contribution in [0.1, 0.15) is 65.9 Å². The first-order valence-electron chi connectivity index (χ1n) is 9.33. The van der Waals surface area contributed by atoms with Crippen LogP contribution in [0.25, 0.3) is 0 Å². The highest BCUT2D eigenvalue weighted by molar-refractivity contribution is 5.75. The van der Waals surface area contributed by atoms with Crippen molar-refractivity contribution >= 4 is 11.8 Å². The van der Waals surface area contributed by atoms with Crippen molar-refractivity contribution in [3.05, 3.63) is 59.2 Å². The molecule has 0 aromatic heterocycles. The summed E-state index contributed by atoms with van der Waals surface area (Å²) in [7, 11) is 0. The smallest absolute Gasteiger partial charge is 0.310 e. The van der Waals surface area contributed by atoms with Crippen LogP contribution in [0, 0.1) is 0 Å². The summed E-state index contributed by atoms with van der Waals surface area (Å²) in [4.78, 5) is 21.7. The standard InChI is InChI=1S/C13H22O.C10H12O2/c1-11(2)7-5-8-12(3)9-6-10-13(4)14;1-2-12-10(11)8-9-6-4-3-5-7-9/h7,9H,5-6,8,10H2,1-4H3;3-7H,2,8H2,1H3/b12-9+;. The van der Waals surface area contributed by atoms with E-state index < -0.39 is 0 Å². The average molecular weight is 359 g/mol. The number of Topliss-reactive ketones (excluding diaryl/α,β-unsaturated/α-hetero) is 1. The predicted molar refractivity (Wildman–Crippen MR) is 109 cm³/mol. The van der Waals surface area contributed by atoms with E-state index >= 15 is 0 Å². The van der Waals surface area contributed by atoms with Crippen molar-refractivity contribution in [1.82, 2.24) is 0 Å². The Morgan fingerprint density at radius 3 is 2.08 bits per heavy atom. The minimum absolute atomic E-state index is 0.163. The molecule has 1 aromatic rings. The van der Waals surface area contributed by atoms with Gasteiger partial charge < -0.3 is 9.53 Å². The summed E-state index contributed by atoms with van der Waals surface area (Å²) in [5.41, 5.74) is 3.77. The van der Waals surface area contributed by atoms with Gasteiger partial charge in [0.05, 0.1) is 13.0 Å². The highest BCUT2D eigenvalue weighted by atomic mass is 16.5. The highest BCUT2D eigenvalue weighted by Gasteiger charge is 2.01. The summed E-state index contributed by atoms with van der Waals surface area (Å²) in [5, 5.41) is 0. The Kier molecular flexibility index (Phi) is 13.9. The maximum atomic E-state index is 11.0. The molecule has 0 bridgehead atoms. The maximum absolute atomic E-state index is 11.0. The molecule has 3 nitrogen and oxygen atoms in total. The van der Waals surface area contributed by atoms with E-state index in [1.165, 1.54) is 11.1 Å². The molecule has 0 atom stereocenters. The van der Waals surface area contributed by atoms with E-state index in [0.29, 0.717) is 19.4 Å². The number of esters is 1. The molecule has 0 aliphatic rings. The summed E-state index contributed by atoms with van der Waals surface area (Å²) in [6.45, 7) is 10.3. The van der Waals surface area contributed by atoms with Crippen molar-refractivity contribution in [2.45, 2.75) is 66.7 Å². The van der Waals surface area contributed by atoms with Gasteiger partial charge in [0.2, 0.25) is 0 Å². The maximum Gasteiger partial charge on any atom is 0.310 e. The molecule has 0 aliphatic carbocycles. The van der Waals surface area contributed by atoms with Crippen molar-refractivity contribution < 1.29 is 14.3 Å². The van der Waals surface area contributed by atoms with E-state index in [4.69, 9.17) is 4.74 Å². The first-order valence-corrected chi connectivity index (χ1v) is 9.33. The summed E-state index contributed by atoms with van der Waals surface area (Å²) in [6.07, 6.45) is 8.61. The average Bonchev–Trinajstić information content (AvgIpc) is 2.56. The predicted octanol–water partition coefficient (Wildman–Crippen LogP) is 5.84. The van der Waals surface area contributed by atoms with Gasteiger partial charge in [-0.2, -0.15) is 0 Å². The van der Waals surface area contributed by atoms with Gasteiger partial charge in [-0.05, 0) is 59.4 Å². The third kappa shape index (κ3) is 15.4. The van der Waals surface area contributed by atoms with Crippen LogP contribution >= 0.6 is 0 Å². The number of carbonyl (C=O) groups excluding carboxylic acids is 2. The topological polar surface area (TPSA) is 43.4 Å². The molecule has 0 radical (unpaired) electrons. The fraction of sp³-hybridized carbons (Fsp3) is 0.478. The number of allylic oxidation sites excluding steroid dienone is 4. The van der Waals surface area contributed by atoms with Crippen LogP contribution in [0.5, 0.6) is 0 Å². The van der Waals surface area contributed by atoms with Crippen LogP contribution < -0.4 is 0 Å². The quantitative estimate of drug-likeness (QED) is 0.411. The first-order chi connectivity index (χ1) is 12.3. The van der Waals surface area contributed by atoms with Gasteiger partial charge in [-0.3, -0.25) is 4.79 Å². The molecule has 1 rings (SSSR count). The molecule has 0 amide bonds. The van der Waals surface area contributed by atoms with Crippen molar-refractivity contribution in [2.75, 3.05) is 6.61 Å². The Balaban J connectivity index is 0.000000485. The van der Waals surface area contributed by atoms with E-state index in [1.807, 2.05) is 37.3 Å². The van der Waals surface area contributed by atoms with Crippen LogP contribution in [0.2, 0.25) is 0 Å². The third-order valence-electron chi connectivity index (χ3n) is 3.58. The Morgan fingerprint density at radius 1 is 0.923 bits per heavy atom. The molecule has 0 fully saturated rings. The molecule has 0 saturated carbocycles. The summed E-state index contributed by atoms with van der Waals surface area (Å²) in [5.74, 6) is 0.113. The molecular formula is C23H34O3. The van der Waals surface area contributed by atoms with Gasteiger partial charge in [-0.15, -0.1) is 0 Å². The third-order valence-corrected chi connectivity index (χ3v) is 3.58. The molecule has 0 unspecified atom stereocenters. The Hall–Kier alpha value is -2.16. The molecule has 0 saturated heterocycles. The van der Waals surface area contributed by atoms with Crippen LogP contribution in [-0.4, -0.2) is 18.4 Å². The van der Waals surface area contributed by atoms with E-state index in [0.717, 1.165) is 24.8 Å². The molecule has 0 heterocycles. The monoisotopic (exact) mass is 358 g/mol.